The van der Waals surface area contributed by atoms with Crippen molar-refractivity contribution in [3.63, 3.8) is 0 Å². The first kappa shape index (κ1) is 13.6. The Morgan fingerprint density at radius 3 is 2.31 bits per heavy atom. The van der Waals surface area contributed by atoms with E-state index in [4.69, 9.17) is 11.6 Å². The number of halogens is 1. The number of nitrogens with zero attached hydrogens (tertiary/aromatic N) is 1. The molecule has 0 bridgehead atoms. The van der Waals surface area contributed by atoms with Gasteiger partial charge in [0.1, 0.15) is 0 Å². The average Bonchev–Trinajstić information content (AvgIpc) is 2.09. The van der Waals surface area contributed by atoms with Crippen molar-refractivity contribution < 1.29 is 0 Å². The van der Waals surface area contributed by atoms with Gasteiger partial charge in [-0.25, -0.2) is 0 Å². The van der Waals surface area contributed by atoms with Gasteiger partial charge in [-0.1, -0.05) is 12.8 Å². The Bertz CT molecular complexity index is 98.9. The fourth-order valence-corrected chi connectivity index (χ4v) is 2.30. The van der Waals surface area contributed by atoms with Crippen molar-refractivity contribution in [1.29, 1.82) is 0 Å². The zero-order chi connectivity index (χ0) is 9.94. The Balaban J connectivity index is 2.84. The van der Waals surface area contributed by atoms with Gasteiger partial charge in [-0.05, 0) is 32.7 Å². The Kier molecular flexibility index (Phi) is 11.2. The molecular weight excluding hydrogens is 202 g/mol. The maximum atomic E-state index is 5.59. The zero-order valence-corrected chi connectivity index (χ0v) is 10.5. The van der Waals surface area contributed by atoms with Crippen LogP contribution in [0.2, 0.25) is 0 Å². The minimum Gasteiger partial charge on any atom is -0.309 e. The summed E-state index contributed by atoms with van der Waals surface area (Å²) in [5, 5.41) is 0. The van der Waals surface area contributed by atoms with Gasteiger partial charge in [0.15, 0.2) is 0 Å². The summed E-state index contributed by atoms with van der Waals surface area (Å²) in [7, 11) is 4.25. The molecule has 80 valence electrons. The maximum absolute atomic E-state index is 5.59. The van der Waals surface area contributed by atoms with E-state index >= 15 is 0 Å². The molecule has 1 nitrogen and oxygen atoms in total. The summed E-state index contributed by atoms with van der Waals surface area (Å²) in [6.07, 6.45) is 5.19. The molecule has 0 amide bonds. The van der Waals surface area contributed by atoms with Crippen LogP contribution < -0.4 is 0 Å². The summed E-state index contributed by atoms with van der Waals surface area (Å²) in [4.78, 5) is 2.24. The molecule has 0 aliphatic carbocycles. The van der Waals surface area contributed by atoms with E-state index in [1.165, 1.54) is 43.7 Å². The van der Waals surface area contributed by atoms with E-state index in [0.717, 1.165) is 5.88 Å². The van der Waals surface area contributed by atoms with Crippen LogP contribution in [0, 0.1) is 0 Å². The van der Waals surface area contributed by atoms with Gasteiger partial charge in [0.05, 0.1) is 0 Å². The summed E-state index contributed by atoms with van der Waals surface area (Å²) in [6.45, 7) is 1.20. The quantitative estimate of drug-likeness (QED) is 0.437. The molecule has 0 spiro atoms. The molecule has 0 radical (unpaired) electrons. The van der Waals surface area contributed by atoms with Crippen LogP contribution in [0.15, 0.2) is 0 Å². The molecule has 3 heteroatoms. The second kappa shape index (κ2) is 10.7. The van der Waals surface area contributed by atoms with Gasteiger partial charge in [-0.2, -0.15) is 11.8 Å². The average molecular weight is 224 g/mol. The molecule has 13 heavy (non-hydrogen) atoms. The van der Waals surface area contributed by atoms with Crippen LogP contribution in [-0.2, 0) is 0 Å². The number of alkyl halides is 1. The second-order valence-corrected chi connectivity index (χ2v) is 5.12. The van der Waals surface area contributed by atoms with Crippen molar-refractivity contribution in [3.8, 4) is 0 Å². The zero-order valence-electron chi connectivity index (χ0n) is 8.89. The molecule has 0 rings (SSSR count). The molecule has 0 saturated carbocycles. The minimum atomic E-state index is 0.827. The topological polar surface area (TPSA) is 3.24 Å². The van der Waals surface area contributed by atoms with Crippen molar-refractivity contribution in [3.05, 3.63) is 0 Å². The van der Waals surface area contributed by atoms with Crippen molar-refractivity contribution in [2.75, 3.05) is 38.0 Å². The van der Waals surface area contributed by atoms with E-state index in [0.29, 0.717) is 0 Å². The fraction of sp³-hybridized carbons (Fsp3) is 1.00. The highest BCUT2D eigenvalue weighted by atomic mass is 35.5. The third kappa shape index (κ3) is 12.6. The first-order valence-electron chi connectivity index (χ1n) is 5.06. The van der Waals surface area contributed by atoms with Crippen LogP contribution in [0.3, 0.4) is 0 Å². The monoisotopic (exact) mass is 223 g/mol. The van der Waals surface area contributed by atoms with Crippen LogP contribution in [-0.4, -0.2) is 42.9 Å². The van der Waals surface area contributed by atoms with Crippen LogP contribution in [0.4, 0.5) is 0 Å². The van der Waals surface area contributed by atoms with Gasteiger partial charge in [0, 0.05) is 18.2 Å². The maximum Gasteiger partial charge on any atom is 0.0223 e. The summed E-state index contributed by atoms with van der Waals surface area (Å²) in [5.41, 5.74) is 0. The molecule has 0 unspecified atom stereocenters. The summed E-state index contributed by atoms with van der Waals surface area (Å²) >= 11 is 7.65. The molecule has 0 N–H and O–H groups in total. The molecule has 0 fully saturated rings. The van der Waals surface area contributed by atoms with E-state index in [-0.39, 0.29) is 0 Å². The van der Waals surface area contributed by atoms with Crippen molar-refractivity contribution in [2.24, 2.45) is 0 Å². The molecule has 0 aromatic heterocycles. The van der Waals surface area contributed by atoms with Gasteiger partial charge in [-0.15, -0.1) is 11.6 Å². The third-order valence-corrected chi connectivity index (χ3v) is 3.17. The summed E-state index contributed by atoms with van der Waals surface area (Å²) < 4.78 is 0. The Hall–Kier alpha value is 0.600. The molecule has 0 heterocycles. The first-order valence-corrected chi connectivity index (χ1v) is 6.74. The van der Waals surface area contributed by atoms with Crippen molar-refractivity contribution >= 4 is 23.4 Å². The highest BCUT2D eigenvalue weighted by Crippen LogP contribution is 2.07. The lowest BCUT2D eigenvalue weighted by Gasteiger charge is -2.08. The van der Waals surface area contributed by atoms with Gasteiger partial charge in [0.25, 0.3) is 0 Å². The number of thioether (sulfide) groups is 1. The van der Waals surface area contributed by atoms with Crippen LogP contribution in [0.25, 0.3) is 0 Å². The van der Waals surface area contributed by atoms with Gasteiger partial charge >= 0.3 is 0 Å². The second-order valence-electron chi connectivity index (χ2n) is 3.52. The third-order valence-electron chi connectivity index (χ3n) is 1.86. The van der Waals surface area contributed by atoms with Crippen LogP contribution in [0.1, 0.15) is 25.7 Å². The highest BCUT2D eigenvalue weighted by Gasteiger charge is 1.92. The smallest absolute Gasteiger partial charge is 0.0223 e. The molecule has 0 saturated heterocycles. The number of rotatable bonds is 9. The lowest BCUT2D eigenvalue weighted by molar-refractivity contribution is 0.437. The largest absolute Gasteiger partial charge is 0.309 e. The van der Waals surface area contributed by atoms with Crippen molar-refractivity contribution in [2.45, 2.75) is 25.7 Å². The van der Waals surface area contributed by atoms with Crippen LogP contribution >= 0.6 is 23.4 Å². The molecule has 0 aliphatic heterocycles. The molecule has 0 aliphatic rings. The van der Waals surface area contributed by atoms with E-state index in [9.17, 15) is 0 Å². The van der Waals surface area contributed by atoms with E-state index in [1.807, 2.05) is 0 Å². The Labute approximate surface area is 92.2 Å². The Morgan fingerprint density at radius 2 is 1.69 bits per heavy atom. The predicted molar refractivity (Wildman–Crippen MR) is 65.1 cm³/mol. The SMILES string of the molecule is CN(C)CCSCCCCCCCl. The van der Waals surface area contributed by atoms with Crippen LogP contribution in [0.5, 0.6) is 0 Å². The molecule has 0 aromatic carbocycles. The normalized spacial score (nSPS) is 11.1. The summed E-state index contributed by atoms with van der Waals surface area (Å²) in [6, 6.07) is 0. The van der Waals surface area contributed by atoms with Gasteiger partial charge in [-0.3, -0.25) is 0 Å². The minimum absolute atomic E-state index is 0.827. The molecule has 0 aromatic rings. The van der Waals surface area contributed by atoms with E-state index in [2.05, 4.69) is 30.8 Å². The highest BCUT2D eigenvalue weighted by molar-refractivity contribution is 7.99. The number of hydrogen-bond donors (Lipinski definition) is 0. The standard InChI is InChI=1S/C10H22ClNS/c1-12(2)8-10-13-9-6-4-3-5-7-11/h3-10H2,1-2H3. The van der Waals surface area contributed by atoms with E-state index < -0.39 is 0 Å². The van der Waals surface area contributed by atoms with E-state index in [1.54, 1.807) is 0 Å². The lowest BCUT2D eigenvalue weighted by Crippen LogP contribution is -2.14. The van der Waals surface area contributed by atoms with Gasteiger partial charge in [0.2, 0.25) is 0 Å². The molecule has 0 atom stereocenters. The Morgan fingerprint density at radius 1 is 1.00 bits per heavy atom. The van der Waals surface area contributed by atoms with Gasteiger partial charge < -0.3 is 4.90 Å². The predicted octanol–water partition coefficient (Wildman–Crippen LogP) is 3.08. The molecular formula is C10H22ClNS. The fourth-order valence-electron chi connectivity index (χ4n) is 1.00. The number of unbranched alkanes of at least 4 members (excludes halogenated alkanes) is 3. The lowest BCUT2D eigenvalue weighted by atomic mass is 10.2. The van der Waals surface area contributed by atoms with Crippen molar-refractivity contribution in [1.82, 2.24) is 4.90 Å². The summed E-state index contributed by atoms with van der Waals surface area (Å²) in [5.74, 6) is 3.41. The number of hydrogen-bond acceptors (Lipinski definition) is 2. The first-order chi connectivity index (χ1) is 6.27.